The lowest BCUT2D eigenvalue weighted by Crippen LogP contribution is -2.25. The molecule has 0 spiro atoms. The third kappa shape index (κ3) is 5.11. The quantitative estimate of drug-likeness (QED) is 0.695. The van der Waals surface area contributed by atoms with Gasteiger partial charge in [0.2, 0.25) is 0 Å². The zero-order valence-corrected chi connectivity index (χ0v) is 11.6. The molecule has 0 aliphatic heterocycles. The summed E-state index contributed by atoms with van der Waals surface area (Å²) >= 11 is 0. The van der Waals surface area contributed by atoms with Gasteiger partial charge in [0.15, 0.2) is 0 Å². The number of aliphatic carboxylic acids is 1. The van der Waals surface area contributed by atoms with Gasteiger partial charge in [-0.25, -0.2) is 4.98 Å². The van der Waals surface area contributed by atoms with Crippen molar-refractivity contribution in [2.75, 3.05) is 11.9 Å². The Balaban J connectivity index is 2.71. The fourth-order valence-electron chi connectivity index (χ4n) is 1.83. The molecule has 1 unspecified atom stereocenters. The van der Waals surface area contributed by atoms with E-state index in [0.29, 0.717) is 30.4 Å². The van der Waals surface area contributed by atoms with Gasteiger partial charge < -0.3 is 15.4 Å². The predicted molar refractivity (Wildman–Crippen MR) is 73.3 cm³/mol. The van der Waals surface area contributed by atoms with Crippen molar-refractivity contribution in [1.82, 2.24) is 9.97 Å². The number of H-pyrrole nitrogens is 1. The van der Waals surface area contributed by atoms with Gasteiger partial charge in [-0.05, 0) is 12.3 Å². The van der Waals surface area contributed by atoms with Crippen LogP contribution in [0.2, 0.25) is 0 Å². The van der Waals surface area contributed by atoms with Crippen molar-refractivity contribution in [2.24, 2.45) is 11.8 Å². The first kappa shape index (κ1) is 15.2. The molecule has 1 rings (SSSR count). The van der Waals surface area contributed by atoms with Crippen LogP contribution < -0.4 is 10.9 Å². The van der Waals surface area contributed by atoms with E-state index in [2.05, 4.69) is 15.3 Å². The molecule has 106 valence electrons. The number of aromatic nitrogens is 2. The Morgan fingerprint density at radius 2 is 2.21 bits per heavy atom. The van der Waals surface area contributed by atoms with Gasteiger partial charge in [0, 0.05) is 19.0 Å². The maximum absolute atomic E-state index is 11.4. The number of carboxylic acid groups (broad SMARTS) is 1. The fraction of sp³-hybridized carbons (Fsp3) is 0.615. The van der Waals surface area contributed by atoms with E-state index in [1.807, 2.05) is 20.8 Å². The summed E-state index contributed by atoms with van der Waals surface area (Å²) in [4.78, 5) is 29.3. The third-order valence-corrected chi connectivity index (χ3v) is 2.76. The Morgan fingerprint density at radius 1 is 1.53 bits per heavy atom. The van der Waals surface area contributed by atoms with Crippen LogP contribution in [0.4, 0.5) is 5.82 Å². The van der Waals surface area contributed by atoms with Crippen molar-refractivity contribution < 1.29 is 9.90 Å². The van der Waals surface area contributed by atoms with E-state index >= 15 is 0 Å². The van der Waals surface area contributed by atoms with Crippen molar-refractivity contribution in [3.8, 4) is 0 Å². The lowest BCUT2D eigenvalue weighted by atomic mass is 9.97. The Morgan fingerprint density at radius 3 is 2.74 bits per heavy atom. The topological polar surface area (TPSA) is 95.1 Å². The van der Waals surface area contributed by atoms with E-state index in [-0.39, 0.29) is 12.1 Å². The van der Waals surface area contributed by atoms with Crippen molar-refractivity contribution in [3.63, 3.8) is 0 Å². The van der Waals surface area contributed by atoms with Crippen molar-refractivity contribution in [1.29, 1.82) is 0 Å². The van der Waals surface area contributed by atoms with Gasteiger partial charge in [0.25, 0.3) is 5.56 Å². The molecule has 0 aromatic carbocycles. The van der Waals surface area contributed by atoms with Crippen LogP contribution in [-0.4, -0.2) is 27.6 Å². The molecule has 1 aromatic rings. The van der Waals surface area contributed by atoms with Crippen molar-refractivity contribution in [2.45, 2.75) is 33.6 Å². The summed E-state index contributed by atoms with van der Waals surface area (Å²) in [6.45, 7) is 6.13. The zero-order chi connectivity index (χ0) is 14.4. The van der Waals surface area contributed by atoms with Crippen LogP contribution in [0.25, 0.3) is 0 Å². The number of aryl methyl sites for hydroxylation is 1. The Hall–Kier alpha value is -1.85. The van der Waals surface area contributed by atoms with E-state index < -0.39 is 11.9 Å². The SMILES string of the molecule is CCc1nc(NCC(CC(C)C)C(=O)O)cc(=O)[nH]1. The number of rotatable bonds is 7. The minimum Gasteiger partial charge on any atom is -0.481 e. The average molecular weight is 267 g/mol. The lowest BCUT2D eigenvalue weighted by Gasteiger charge is -2.15. The molecular weight excluding hydrogens is 246 g/mol. The molecule has 1 heterocycles. The van der Waals surface area contributed by atoms with Gasteiger partial charge in [-0.1, -0.05) is 20.8 Å². The van der Waals surface area contributed by atoms with Crippen LogP contribution in [0, 0.1) is 11.8 Å². The van der Waals surface area contributed by atoms with Crippen LogP contribution in [0.1, 0.15) is 33.0 Å². The highest BCUT2D eigenvalue weighted by Gasteiger charge is 2.18. The summed E-state index contributed by atoms with van der Waals surface area (Å²) in [6, 6.07) is 1.34. The summed E-state index contributed by atoms with van der Waals surface area (Å²) in [5, 5.41) is 12.1. The fourth-order valence-corrected chi connectivity index (χ4v) is 1.83. The first-order chi connectivity index (χ1) is 8.92. The smallest absolute Gasteiger partial charge is 0.308 e. The number of hydrogen-bond donors (Lipinski definition) is 3. The molecule has 1 aromatic heterocycles. The maximum atomic E-state index is 11.4. The Kier molecular flexibility index (Phi) is 5.54. The van der Waals surface area contributed by atoms with Gasteiger partial charge in [0.05, 0.1) is 5.92 Å². The molecule has 0 radical (unpaired) electrons. The van der Waals surface area contributed by atoms with Gasteiger partial charge in [-0.15, -0.1) is 0 Å². The molecule has 0 amide bonds. The molecule has 0 saturated heterocycles. The van der Waals surface area contributed by atoms with Gasteiger partial charge in [-0.3, -0.25) is 9.59 Å². The van der Waals surface area contributed by atoms with Crippen LogP contribution in [0.5, 0.6) is 0 Å². The van der Waals surface area contributed by atoms with E-state index in [1.54, 1.807) is 0 Å². The molecule has 6 heteroatoms. The van der Waals surface area contributed by atoms with Gasteiger partial charge >= 0.3 is 5.97 Å². The normalized spacial score (nSPS) is 12.4. The number of carbonyl (C=O) groups is 1. The van der Waals surface area contributed by atoms with Crippen LogP contribution in [-0.2, 0) is 11.2 Å². The van der Waals surface area contributed by atoms with E-state index in [4.69, 9.17) is 5.11 Å². The highest BCUT2D eigenvalue weighted by Crippen LogP contribution is 2.13. The summed E-state index contributed by atoms with van der Waals surface area (Å²) in [7, 11) is 0. The summed E-state index contributed by atoms with van der Waals surface area (Å²) < 4.78 is 0. The van der Waals surface area contributed by atoms with E-state index in [0.717, 1.165) is 0 Å². The number of carboxylic acids is 1. The molecule has 1 atom stereocenters. The third-order valence-electron chi connectivity index (χ3n) is 2.76. The molecule has 19 heavy (non-hydrogen) atoms. The Labute approximate surface area is 112 Å². The summed E-state index contributed by atoms with van der Waals surface area (Å²) in [5.74, 6) is 0.00972. The molecule has 6 nitrogen and oxygen atoms in total. The molecule has 0 aliphatic carbocycles. The lowest BCUT2D eigenvalue weighted by molar-refractivity contribution is -0.141. The zero-order valence-electron chi connectivity index (χ0n) is 11.6. The highest BCUT2D eigenvalue weighted by atomic mass is 16.4. The first-order valence-electron chi connectivity index (χ1n) is 6.49. The molecule has 0 aliphatic rings. The number of nitrogens with one attached hydrogen (secondary N) is 2. The second-order valence-corrected chi connectivity index (χ2v) is 4.98. The number of hydrogen-bond acceptors (Lipinski definition) is 4. The van der Waals surface area contributed by atoms with Crippen molar-refractivity contribution in [3.05, 3.63) is 22.2 Å². The van der Waals surface area contributed by atoms with Crippen LogP contribution in [0.3, 0.4) is 0 Å². The minimum atomic E-state index is -0.832. The molecule has 0 fully saturated rings. The number of aromatic amines is 1. The van der Waals surface area contributed by atoms with E-state index in [1.165, 1.54) is 6.07 Å². The summed E-state index contributed by atoms with van der Waals surface area (Å²) in [6.07, 6.45) is 1.21. The second-order valence-electron chi connectivity index (χ2n) is 4.98. The molecule has 0 saturated carbocycles. The standard InChI is InChI=1S/C13H21N3O3/c1-4-10-15-11(6-12(17)16-10)14-7-9(13(18)19)5-8(2)3/h6,8-9H,4-5,7H2,1-3H3,(H,18,19)(H2,14,15,16,17). The molecule has 0 bridgehead atoms. The largest absolute Gasteiger partial charge is 0.481 e. The summed E-state index contributed by atoms with van der Waals surface area (Å²) in [5.41, 5.74) is -0.231. The van der Waals surface area contributed by atoms with Crippen molar-refractivity contribution >= 4 is 11.8 Å². The maximum Gasteiger partial charge on any atom is 0.308 e. The van der Waals surface area contributed by atoms with E-state index in [9.17, 15) is 9.59 Å². The van der Waals surface area contributed by atoms with Gasteiger partial charge in [-0.2, -0.15) is 0 Å². The van der Waals surface area contributed by atoms with Crippen LogP contribution >= 0.6 is 0 Å². The number of anilines is 1. The first-order valence-corrected chi connectivity index (χ1v) is 6.49. The Bertz CT molecular complexity index is 482. The predicted octanol–water partition coefficient (Wildman–Crippen LogP) is 1.49. The molecule has 3 N–H and O–H groups in total. The average Bonchev–Trinajstić information content (AvgIpc) is 2.33. The monoisotopic (exact) mass is 267 g/mol. The second kappa shape index (κ2) is 6.92. The van der Waals surface area contributed by atoms with Gasteiger partial charge in [0.1, 0.15) is 11.6 Å². The minimum absolute atomic E-state index is 0.231. The van der Waals surface area contributed by atoms with Crippen LogP contribution in [0.15, 0.2) is 10.9 Å². The molecular formula is C13H21N3O3. The number of nitrogens with zero attached hydrogens (tertiary/aromatic N) is 1. The highest BCUT2D eigenvalue weighted by molar-refractivity contribution is 5.70.